The van der Waals surface area contributed by atoms with Crippen molar-refractivity contribution < 1.29 is 8.78 Å². The van der Waals surface area contributed by atoms with Crippen molar-refractivity contribution in [1.82, 2.24) is 5.32 Å². The van der Waals surface area contributed by atoms with E-state index in [2.05, 4.69) is 5.32 Å². The second kappa shape index (κ2) is 5.42. The second-order valence-corrected chi connectivity index (χ2v) is 3.94. The van der Waals surface area contributed by atoms with Crippen LogP contribution in [0.5, 0.6) is 0 Å². The molecular weight excluding hydrogens is 220 g/mol. The maximum atomic E-state index is 12.5. The molecule has 0 aliphatic carbocycles. The number of aryl methyl sites for hydroxylation is 1. The minimum absolute atomic E-state index is 0.243. The summed E-state index contributed by atoms with van der Waals surface area (Å²) in [4.78, 5) is 0. The average Bonchev–Trinajstić information content (AvgIpc) is 2.16. The van der Waals surface area contributed by atoms with Crippen molar-refractivity contribution in [2.45, 2.75) is 25.8 Å². The summed E-state index contributed by atoms with van der Waals surface area (Å²) in [7, 11) is 1.53. The van der Waals surface area contributed by atoms with Crippen LogP contribution in [0.4, 0.5) is 8.78 Å². The standard InChI is InChI=1S/C11H14ClF2N/c1-7-3-4-8(9(12)5-7)6-10(15-2)11(13)14/h3-5,10-11,15H,6H2,1-2H3. The highest BCUT2D eigenvalue weighted by atomic mass is 35.5. The van der Waals surface area contributed by atoms with Crippen molar-refractivity contribution in [3.8, 4) is 0 Å². The van der Waals surface area contributed by atoms with Crippen LogP contribution in [0.2, 0.25) is 5.02 Å². The summed E-state index contributed by atoms with van der Waals surface area (Å²) in [5.41, 5.74) is 1.78. The topological polar surface area (TPSA) is 12.0 Å². The van der Waals surface area contributed by atoms with Crippen LogP contribution < -0.4 is 5.32 Å². The molecule has 0 aromatic heterocycles. The highest BCUT2D eigenvalue weighted by Gasteiger charge is 2.19. The van der Waals surface area contributed by atoms with Gasteiger partial charge in [-0.1, -0.05) is 23.7 Å². The molecule has 15 heavy (non-hydrogen) atoms. The molecule has 0 fully saturated rings. The molecule has 1 aromatic rings. The molecule has 0 saturated carbocycles. The third-order valence-electron chi connectivity index (χ3n) is 2.32. The zero-order valence-electron chi connectivity index (χ0n) is 8.73. The molecule has 0 radical (unpaired) electrons. The first kappa shape index (κ1) is 12.4. The Morgan fingerprint density at radius 2 is 2.07 bits per heavy atom. The quantitative estimate of drug-likeness (QED) is 0.843. The van der Waals surface area contributed by atoms with Gasteiger partial charge in [-0.2, -0.15) is 0 Å². The summed E-state index contributed by atoms with van der Waals surface area (Å²) in [5, 5.41) is 3.13. The molecule has 1 unspecified atom stereocenters. The van der Waals surface area contributed by atoms with Crippen LogP contribution in [-0.2, 0) is 6.42 Å². The van der Waals surface area contributed by atoms with Crippen molar-refractivity contribution in [3.05, 3.63) is 34.3 Å². The number of benzene rings is 1. The molecule has 1 rings (SSSR count). The van der Waals surface area contributed by atoms with E-state index in [-0.39, 0.29) is 6.42 Å². The van der Waals surface area contributed by atoms with Gasteiger partial charge in [0, 0.05) is 5.02 Å². The van der Waals surface area contributed by atoms with Crippen molar-refractivity contribution in [1.29, 1.82) is 0 Å². The first-order chi connectivity index (χ1) is 7.04. The summed E-state index contributed by atoms with van der Waals surface area (Å²) in [5.74, 6) is 0. The normalized spacial score (nSPS) is 13.2. The third-order valence-corrected chi connectivity index (χ3v) is 2.68. The molecule has 1 nitrogen and oxygen atoms in total. The summed E-state index contributed by atoms with van der Waals surface area (Å²) >= 11 is 5.96. The van der Waals surface area contributed by atoms with Gasteiger partial charge in [0.2, 0.25) is 0 Å². The van der Waals surface area contributed by atoms with Gasteiger partial charge in [0.15, 0.2) is 0 Å². The SMILES string of the molecule is CNC(Cc1ccc(C)cc1Cl)C(F)F. The van der Waals surface area contributed by atoms with Gasteiger partial charge in [-0.15, -0.1) is 0 Å². The van der Waals surface area contributed by atoms with Crippen molar-refractivity contribution in [3.63, 3.8) is 0 Å². The van der Waals surface area contributed by atoms with Gasteiger partial charge in [-0.05, 0) is 37.6 Å². The van der Waals surface area contributed by atoms with E-state index in [1.807, 2.05) is 13.0 Å². The van der Waals surface area contributed by atoms with Crippen LogP contribution in [0, 0.1) is 6.92 Å². The predicted octanol–water partition coefficient (Wildman–Crippen LogP) is 3.04. The Kier molecular flexibility index (Phi) is 4.48. The average molecular weight is 234 g/mol. The Morgan fingerprint density at radius 1 is 1.40 bits per heavy atom. The Balaban J connectivity index is 2.79. The Hall–Kier alpha value is -0.670. The van der Waals surface area contributed by atoms with Gasteiger partial charge in [-0.25, -0.2) is 8.78 Å². The van der Waals surface area contributed by atoms with Crippen LogP contribution in [0.15, 0.2) is 18.2 Å². The van der Waals surface area contributed by atoms with Gasteiger partial charge in [0.1, 0.15) is 0 Å². The van der Waals surface area contributed by atoms with Crippen molar-refractivity contribution >= 4 is 11.6 Å². The van der Waals surface area contributed by atoms with Crippen LogP contribution >= 0.6 is 11.6 Å². The number of rotatable bonds is 4. The van der Waals surface area contributed by atoms with Gasteiger partial charge < -0.3 is 5.32 Å². The molecule has 0 aliphatic heterocycles. The lowest BCUT2D eigenvalue weighted by atomic mass is 10.0. The molecule has 4 heteroatoms. The maximum Gasteiger partial charge on any atom is 0.254 e. The number of alkyl halides is 2. The minimum atomic E-state index is -2.38. The van der Waals surface area contributed by atoms with Crippen LogP contribution in [-0.4, -0.2) is 19.5 Å². The van der Waals surface area contributed by atoms with E-state index >= 15 is 0 Å². The number of hydrogen-bond donors (Lipinski definition) is 1. The monoisotopic (exact) mass is 233 g/mol. The third kappa shape index (κ3) is 3.43. The number of likely N-dealkylation sites (N-methyl/N-ethyl adjacent to an activating group) is 1. The van der Waals surface area contributed by atoms with E-state index in [1.165, 1.54) is 7.05 Å². The zero-order valence-corrected chi connectivity index (χ0v) is 9.48. The van der Waals surface area contributed by atoms with E-state index in [1.54, 1.807) is 12.1 Å². The zero-order chi connectivity index (χ0) is 11.4. The molecule has 0 aliphatic rings. The lowest BCUT2D eigenvalue weighted by Gasteiger charge is -2.15. The summed E-state index contributed by atoms with van der Waals surface area (Å²) in [6.07, 6.45) is -2.14. The maximum absolute atomic E-state index is 12.5. The van der Waals surface area contributed by atoms with Gasteiger partial charge in [0.25, 0.3) is 6.43 Å². The van der Waals surface area contributed by atoms with Gasteiger partial charge >= 0.3 is 0 Å². The van der Waals surface area contributed by atoms with Crippen molar-refractivity contribution in [2.24, 2.45) is 0 Å². The van der Waals surface area contributed by atoms with Crippen molar-refractivity contribution in [2.75, 3.05) is 7.05 Å². The fourth-order valence-electron chi connectivity index (χ4n) is 1.37. The highest BCUT2D eigenvalue weighted by Crippen LogP contribution is 2.20. The largest absolute Gasteiger partial charge is 0.312 e. The minimum Gasteiger partial charge on any atom is -0.312 e. The molecule has 0 saturated heterocycles. The molecular formula is C11H14ClF2N. The second-order valence-electron chi connectivity index (χ2n) is 3.53. The summed E-state index contributed by atoms with van der Waals surface area (Å²) in [6, 6.07) is 4.61. The fraction of sp³-hybridized carbons (Fsp3) is 0.455. The number of halogens is 3. The molecule has 1 N–H and O–H groups in total. The number of nitrogens with one attached hydrogen (secondary N) is 1. The molecule has 1 aromatic carbocycles. The number of hydrogen-bond acceptors (Lipinski definition) is 1. The van der Waals surface area contributed by atoms with E-state index < -0.39 is 12.5 Å². The lowest BCUT2D eigenvalue weighted by Crippen LogP contribution is -2.34. The highest BCUT2D eigenvalue weighted by molar-refractivity contribution is 6.31. The van der Waals surface area contributed by atoms with Crippen LogP contribution in [0.1, 0.15) is 11.1 Å². The Bertz CT molecular complexity index is 328. The summed E-state index contributed by atoms with van der Waals surface area (Å²) in [6.45, 7) is 1.92. The van der Waals surface area contributed by atoms with E-state index in [0.717, 1.165) is 11.1 Å². The predicted molar refractivity (Wildman–Crippen MR) is 58.7 cm³/mol. The molecule has 1 atom stereocenters. The fourth-order valence-corrected chi connectivity index (χ4v) is 1.68. The van der Waals surface area contributed by atoms with E-state index in [4.69, 9.17) is 11.6 Å². The lowest BCUT2D eigenvalue weighted by molar-refractivity contribution is 0.102. The smallest absolute Gasteiger partial charge is 0.254 e. The first-order valence-corrected chi connectivity index (χ1v) is 5.13. The molecule has 0 spiro atoms. The Morgan fingerprint density at radius 3 is 2.53 bits per heavy atom. The van der Waals surface area contributed by atoms with E-state index in [9.17, 15) is 8.78 Å². The van der Waals surface area contributed by atoms with Crippen LogP contribution in [0.3, 0.4) is 0 Å². The molecule has 84 valence electrons. The van der Waals surface area contributed by atoms with E-state index in [0.29, 0.717) is 5.02 Å². The molecule has 0 amide bonds. The van der Waals surface area contributed by atoms with Gasteiger partial charge in [-0.3, -0.25) is 0 Å². The molecule has 0 heterocycles. The Labute approximate surface area is 93.4 Å². The van der Waals surface area contributed by atoms with Crippen LogP contribution in [0.25, 0.3) is 0 Å². The molecule has 0 bridgehead atoms. The van der Waals surface area contributed by atoms with Gasteiger partial charge in [0.05, 0.1) is 6.04 Å². The summed E-state index contributed by atoms with van der Waals surface area (Å²) < 4.78 is 25.0. The first-order valence-electron chi connectivity index (χ1n) is 4.75.